The molecule has 0 aliphatic heterocycles. The van der Waals surface area contributed by atoms with Crippen LogP contribution in [0.1, 0.15) is 41.5 Å². The van der Waals surface area contributed by atoms with Gasteiger partial charge in [0.25, 0.3) is 0 Å². The van der Waals surface area contributed by atoms with Crippen molar-refractivity contribution in [2.45, 2.75) is 59.7 Å². The topological polar surface area (TPSA) is 81.7 Å². The minimum Gasteiger partial charge on any atom is -0.481 e. The molecule has 0 aromatic rings. The summed E-state index contributed by atoms with van der Waals surface area (Å²) in [4.78, 5) is 24.7. The van der Waals surface area contributed by atoms with Crippen LogP contribution >= 0.6 is 0 Å². The highest BCUT2D eigenvalue weighted by molar-refractivity contribution is 5.76. The first-order valence-electron chi connectivity index (χ1n) is 7.19. The second kappa shape index (κ2) is 8.79. The van der Waals surface area contributed by atoms with E-state index in [-0.39, 0.29) is 6.03 Å². The molecule has 0 fully saturated rings. The molecule has 0 spiro atoms. The molecular formula is C14H29N3O3. The molecule has 3 N–H and O–H groups in total. The molecule has 0 aliphatic rings. The lowest BCUT2D eigenvalue weighted by molar-refractivity contribution is -0.141. The standard InChI is InChI=1S/C14H29N3O3/c1-9(2)17(10(3)4)8-7-15-14(20)16-12(6)11(5)13(18)19/h9-12H,7-8H2,1-6H3,(H,18,19)(H2,15,16,20). The smallest absolute Gasteiger partial charge is 0.315 e. The highest BCUT2D eigenvalue weighted by Crippen LogP contribution is 2.04. The molecule has 2 unspecified atom stereocenters. The van der Waals surface area contributed by atoms with Gasteiger partial charge in [-0.1, -0.05) is 0 Å². The Bertz CT molecular complexity index is 311. The average Bonchev–Trinajstić information content (AvgIpc) is 2.32. The second-order valence-electron chi connectivity index (χ2n) is 5.74. The van der Waals surface area contributed by atoms with Crippen LogP contribution in [0.3, 0.4) is 0 Å². The van der Waals surface area contributed by atoms with E-state index in [9.17, 15) is 9.59 Å². The Balaban J connectivity index is 4.08. The monoisotopic (exact) mass is 287 g/mol. The van der Waals surface area contributed by atoms with Gasteiger partial charge < -0.3 is 15.7 Å². The van der Waals surface area contributed by atoms with Gasteiger partial charge in [0.05, 0.1) is 5.92 Å². The van der Waals surface area contributed by atoms with Crippen LogP contribution in [-0.4, -0.2) is 53.2 Å². The van der Waals surface area contributed by atoms with Crippen molar-refractivity contribution < 1.29 is 14.7 Å². The summed E-state index contributed by atoms with van der Waals surface area (Å²) in [7, 11) is 0. The zero-order valence-electron chi connectivity index (χ0n) is 13.4. The van der Waals surface area contributed by atoms with Crippen LogP contribution in [0.5, 0.6) is 0 Å². The van der Waals surface area contributed by atoms with Crippen LogP contribution in [0.25, 0.3) is 0 Å². The number of carboxylic acids is 1. The highest BCUT2D eigenvalue weighted by Gasteiger charge is 2.21. The summed E-state index contributed by atoms with van der Waals surface area (Å²) in [5.41, 5.74) is 0. The van der Waals surface area contributed by atoms with E-state index in [1.54, 1.807) is 13.8 Å². The van der Waals surface area contributed by atoms with Crippen LogP contribution in [0.4, 0.5) is 4.79 Å². The SMILES string of the molecule is CC(NC(=O)NCCN(C(C)C)C(C)C)C(C)C(=O)O. The van der Waals surface area contributed by atoms with Crippen molar-refractivity contribution in [3.63, 3.8) is 0 Å². The van der Waals surface area contributed by atoms with Gasteiger partial charge in [-0.2, -0.15) is 0 Å². The molecule has 2 atom stereocenters. The van der Waals surface area contributed by atoms with E-state index in [1.807, 2.05) is 0 Å². The fourth-order valence-electron chi connectivity index (χ4n) is 2.01. The predicted molar refractivity (Wildman–Crippen MR) is 79.8 cm³/mol. The van der Waals surface area contributed by atoms with E-state index >= 15 is 0 Å². The minimum absolute atomic E-state index is 0.321. The van der Waals surface area contributed by atoms with Crippen LogP contribution in [0.15, 0.2) is 0 Å². The van der Waals surface area contributed by atoms with Crippen molar-refractivity contribution in [1.82, 2.24) is 15.5 Å². The number of hydrogen-bond donors (Lipinski definition) is 3. The molecule has 0 radical (unpaired) electrons. The second-order valence-corrected chi connectivity index (χ2v) is 5.74. The minimum atomic E-state index is -0.913. The largest absolute Gasteiger partial charge is 0.481 e. The van der Waals surface area contributed by atoms with Gasteiger partial charge >= 0.3 is 12.0 Å². The molecule has 0 aromatic heterocycles. The number of nitrogens with zero attached hydrogens (tertiary/aromatic N) is 1. The maximum Gasteiger partial charge on any atom is 0.315 e. The van der Waals surface area contributed by atoms with Gasteiger partial charge in [-0.3, -0.25) is 9.69 Å². The molecule has 0 heterocycles. The molecule has 0 saturated heterocycles. The van der Waals surface area contributed by atoms with E-state index in [4.69, 9.17) is 5.11 Å². The number of aliphatic carboxylic acids is 1. The van der Waals surface area contributed by atoms with Crippen LogP contribution in [-0.2, 0) is 4.79 Å². The molecule has 20 heavy (non-hydrogen) atoms. The lowest BCUT2D eigenvalue weighted by Crippen LogP contribution is -2.48. The van der Waals surface area contributed by atoms with Gasteiger partial charge in [-0.15, -0.1) is 0 Å². The van der Waals surface area contributed by atoms with Crippen molar-refractivity contribution in [3.8, 4) is 0 Å². The van der Waals surface area contributed by atoms with Crippen molar-refractivity contribution in [2.24, 2.45) is 5.92 Å². The third-order valence-corrected chi connectivity index (χ3v) is 3.48. The molecule has 2 amide bonds. The zero-order valence-corrected chi connectivity index (χ0v) is 13.4. The fraction of sp³-hybridized carbons (Fsp3) is 0.857. The first kappa shape index (κ1) is 18.7. The van der Waals surface area contributed by atoms with Crippen molar-refractivity contribution in [3.05, 3.63) is 0 Å². The lowest BCUT2D eigenvalue weighted by atomic mass is 10.0. The Morgan fingerprint density at radius 2 is 1.55 bits per heavy atom. The zero-order chi connectivity index (χ0) is 15.9. The van der Waals surface area contributed by atoms with E-state index < -0.39 is 17.9 Å². The summed E-state index contributed by atoms with van der Waals surface area (Å²) in [5, 5.41) is 14.3. The van der Waals surface area contributed by atoms with Crippen molar-refractivity contribution in [1.29, 1.82) is 0 Å². The number of hydrogen-bond acceptors (Lipinski definition) is 3. The Labute approximate surface area is 121 Å². The summed E-state index contributed by atoms with van der Waals surface area (Å²) in [6.45, 7) is 13.1. The van der Waals surface area contributed by atoms with Gasteiger partial charge in [-0.05, 0) is 41.5 Å². The normalized spacial score (nSPS) is 14.4. The van der Waals surface area contributed by atoms with Crippen LogP contribution in [0, 0.1) is 5.92 Å². The summed E-state index contributed by atoms with van der Waals surface area (Å²) in [5.74, 6) is -1.52. The Hall–Kier alpha value is -1.30. The fourth-order valence-corrected chi connectivity index (χ4v) is 2.01. The summed E-state index contributed by atoms with van der Waals surface area (Å²) in [6.07, 6.45) is 0. The Kier molecular flexibility index (Phi) is 8.22. The third-order valence-electron chi connectivity index (χ3n) is 3.48. The van der Waals surface area contributed by atoms with E-state index in [0.717, 1.165) is 6.54 Å². The predicted octanol–water partition coefficient (Wildman–Crippen LogP) is 1.51. The highest BCUT2D eigenvalue weighted by atomic mass is 16.4. The number of carboxylic acid groups (broad SMARTS) is 1. The van der Waals surface area contributed by atoms with Gasteiger partial charge in [0.2, 0.25) is 0 Å². The van der Waals surface area contributed by atoms with Crippen molar-refractivity contribution >= 4 is 12.0 Å². The van der Waals surface area contributed by atoms with E-state index in [2.05, 4.69) is 43.2 Å². The molecule has 0 saturated carbocycles. The maximum absolute atomic E-state index is 11.7. The summed E-state index contributed by atoms with van der Waals surface area (Å²) >= 11 is 0. The first-order chi connectivity index (χ1) is 9.16. The third kappa shape index (κ3) is 6.75. The summed E-state index contributed by atoms with van der Waals surface area (Å²) in [6, 6.07) is 0.119. The van der Waals surface area contributed by atoms with E-state index in [0.29, 0.717) is 18.6 Å². The van der Waals surface area contributed by atoms with Gasteiger partial charge in [0.15, 0.2) is 0 Å². The van der Waals surface area contributed by atoms with Crippen LogP contribution in [0.2, 0.25) is 0 Å². The van der Waals surface area contributed by atoms with Crippen molar-refractivity contribution in [2.75, 3.05) is 13.1 Å². The number of carbonyl (C=O) groups is 2. The summed E-state index contributed by atoms with van der Waals surface area (Å²) < 4.78 is 0. The number of carbonyl (C=O) groups excluding carboxylic acids is 1. The quantitative estimate of drug-likeness (QED) is 0.632. The number of urea groups is 1. The average molecular weight is 287 g/mol. The molecule has 6 nitrogen and oxygen atoms in total. The number of amides is 2. The Morgan fingerprint density at radius 3 is 1.95 bits per heavy atom. The number of rotatable bonds is 8. The first-order valence-corrected chi connectivity index (χ1v) is 7.19. The molecule has 118 valence electrons. The number of nitrogens with one attached hydrogen (secondary N) is 2. The Morgan fingerprint density at radius 1 is 1.05 bits per heavy atom. The molecule has 6 heteroatoms. The van der Waals surface area contributed by atoms with Gasteiger partial charge in [0.1, 0.15) is 0 Å². The van der Waals surface area contributed by atoms with E-state index in [1.165, 1.54) is 0 Å². The molecule has 0 aliphatic carbocycles. The van der Waals surface area contributed by atoms with Gasteiger partial charge in [0, 0.05) is 31.2 Å². The van der Waals surface area contributed by atoms with Crippen LogP contribution < -0.4 is 10.6 Å². The lowest BCUT2D eigenvalue weighted by Gasteiger charge is -2.30. The molecule has 0 bridgehead atoms. The molecule has 0 aromatic carbocycles. The maximum atomic E-state index is 11.7. The molecular weight excluding hydrogens is 258 g/mol. The van der Waals surface area contributed by atoms with Gasteiger partial charge in [-0.25, -0.2) is 4.79 Å². The molecule has 0 rings (SSSR count).